The molecule has 9 heteroatoms. The smallest absolute Gasteiger partial charge is 0.333 e. The van der Waals surface area contributed by atoms with Gasteiger partial charge in [-0.05, 0) is 57.0 Å². The van der Waals surface area contributed by atoms with Gasteiger partial charge in [0.25, 0.3) is 0 Å². The van der Waals surface area contributed by atoms with Crippen LogP contribution in [-0.2, 0) is 10.2 Å². The number of nitrogens with one attached hydrogen (secondary N) is 1. The molecule has 7 nitrogen and oxygen atoms in total. The van der Waals surface area contributed by atoms with Gasteiger partial charge in [0.1, 0.15) is 16.3 Å². The van der Waals surface area contributed by atoms with Gasteiger partial charge in [-0.25, -0.2) is 0 Å². The zero-order valence-corrected chi connectivity index (χ0v) is 23.0. The average molecular weight is 558 g/mol. The van der Waals surface area contributed by atoms with Crippen LogP contribution in [0.5, 0.6) is 5.75 Å². The highest BCUT2D eigenvalue weighted by Crippen LogP contribution is 2.40. The van der Waals surface area contributed by atoms with Crippen molar-refractivity contribution in [1.29, 1.82) is 0 Å². The van der Waals surface area contributed by atoms with E-state index in [1.54, 1.807) is 6.07 Å². The minimum Gasteiger partial charge on any atom is -0.490 e. The van der Waals surface area contributed by atoms with Crippen LogP contribution in [0.3, 0.4) is 0 Å². The average Bonchev–Trinajstić information content (AvgIpc) is 3.31. The van der Waals surface area contributed by atoms with E-state index in [0.29, 0.717) is 38.7 Å². The van der Waals surface area contributed by atoms with Crippen molar-refractivity contribution >= 4 is 43.1 Å². The van der Waals surface area contributed by atoms with Crippen LogP contribution < -0.4 is 10.2 Å². The van der Waals surface area contributed by atoms with Crippen molar-refractivity contribution in [2.45, 2.75) is 63.0 Å². The summed E-state index contributed by atoms with van der Waals surface area (Å²) < 4.78 is 45.6. The van der Waals surface area contributed by atoms with E-state index in [1.807, 2.05) is 38.1 Å². The maximum Gasteiger partial charge on any atom is 0.333 e. The number of fused-ring (bicyclic) bond motifs is 4. The predicted octanol–water partition coefficient (Wildman–Crippen LogP) is 6.63. The van der Waals surface area contributed by atoms with Gasteiger partial charge in [-0.2, -0.15) is 8.42 Å². The molecule has 40 heavy (non-hydrogen) atoms. The molecule has 6 rings (SSSR count). The molecule has 1 aliphatic rings. The van der Waals surface area contributed by atoms with Gasteiger partial charge in [-0.15, -0.1) is 10.3 Å². The highest BCUT2D eigenvalue weighted by atomic mass is 32.3. The van der Waals surface area contributed by atoms with Crippen molar-refractivity contribution in [2.24, 2.45) is 0 Å². The predicted molar refractivity (Wildman–Crippen MR) is 155 cm³/mol. The Morgan fingerprint density at radius 3 is 2.58 bits per heavy atom. The lowest BCUT2D eigenvalue weighted by Crippen LogP contribution is -2.19. The molecule has 0 radical (unpaired) electrons. The second-order valence-corrected chi connectivity index (χ2v) is 12.0. The highest BCUT2D eigenvalue weighted by Gasteiger charge is 2.25. The minimum absolute atomic E-state index is 0.139. The van der Waals surface area contributed by atoms with E-state index in [-0.39, 0.29) is 17.6 Å². The first kappa shape index (κ1) is 26.1. The first-order valence-corrected chi connectivity index (χ1v) is 14.7. The molecule has 0 spiro atoms. The molecule has 0 saturated heterocycles. The number of hydrogen-bond donors (Lipinski definition) is 1. The third-order valence-electron chi connectivity index (χ3n) is 7.62. The van der Waals surface area contributed by atoms with Gasteiger partial charge in [-0.3, -0.25) is 9.78 Å². The summed E-state index contributed by atoms with van der Waals surface area (Å²) in [6.45, 7) is 3.72. The van der Waals surface area contributed by atoms with Gasteiger partial charge in [0.2, 0.25) is 0 Å². The molecule has 0 unspecified atom stereocenters. The first-order chi connectivity index (χ1) is 19.2. The molecule has 5 aromatic rings. The molecule has 0 bridgehead atoms. The Morgan fingerprint density at radius 1 is 1.10 bits per heavy atom. The van der Waals surface area contributed by atoms with Crippen molar-refractivity contribution < 1.29 is 17.0 Å². The van der Waals surface area contributed by atoms with Gasteiger partial charge in [0.15, 0.2) is 5.43 Å². The first-order valence-electron chi connectivity index (χ1n) is 13.4. The summed E-state index contributed by atoms with van der Waals surface area (Å²) in [4.78, 5) is 21.1. The zero-order chi connectivity index (χ0) is 28.2. The molecule has 0 aliphatic heterocycles. The number of terminal acetylenes is 1. The van der Waals surface area contributed by atoms with Crippen LogP contribution in [0.1, 0.15) is 57.6 Å². The second kappa shape index (κ2) is 9.79. The number of aromatic amines is 1. The van der Waals surface area contributed by atoms with Gasteiger partial charge < -0.3 is 14.3 Å². The fraction of sp³-hybridized carbons (Fsp3) is 0.290. The summed E-state index contributed by atoms with van der Waals surface area (Å²) >= 11 is 0. The lowest BCUT2D eigenvalue weighted by atomic mass is 9.94. The number of pyridine rings is 2. The molecule has 0 atom stereocenters. The molecular weight excluding hydrogens is 529 g/mol. The molecule has 1 fully saturated rings. The zero-order valence-electron chi connectivity index (χ0n) is 22.2. The van der Waals surface area contributed by atoms with Gasteiger partial charge in [-0.1, -0.05) is 31.2 Å². The van der Waals surface area contributed by atoms with Gasteiger partial charge in [0, 0.05) is 46.0 Å². The summed E-state index contributed by atoms with van der Waals surface area (Å²) in [6.07, 6.45) is 13.1. The SMILES string of the molecule is C#Cc1ccc2c(c1)[nH]c1c2c(=O)c2cc(OC(C)C)c(-c3cncc(S(=O)(=O)F)c3)cc2n1C1CCCCC1. The van der Waals surface area contributed by atoms with E-state index >= 15 is 0 Å². The van der Waals surface area contributed by atoms with E-state index in [1.165, 1.54) is 12.3 Å². The Morgan fingerprint density at radius 2 is 1.88 bits per heavy atom. The van der Waals surface area contributed by atoms with Crippen LogP contribution >= 0.6 is 0 Å². The number of benzene rings is 2. The van der Waals surface area contributed by atoms with Crippen LogP contribution in [-0.4, -0.2) is 29.1 Å². The number of halogens is 1. The second-order valence-electron chi connectivity index (χ2n) is 10.6. The molecule has 3 aromatic heterocycles. The van der Waals surface area contributed by atoms with E-state index < -0.39 is 15.1 Å². The summed E-state index contributed by atoms with van der Waals surface area (Å²) in [6, 6.07) is 10.5. The van der Waals surface area contributed by atoms with Crippen LogP contribution in [0.2, 0.25) is 0 Å². The van der Waals surface area contributed by atoms with E-state index in [9.17, 15) is 17.1 Å². The Bertz CT molecular complexity index is 2010. The Kier molecular flexibility index (Phi) is 6.38. The van der Waals surface area contributed by atoms with Crippen molar-refractivity contribution in [1.82, 2.24) is 14.5 Å². The van der Waals surface area contributed by atoms with E-state index in [4.69, 9.17) is 11.2 Å². The third kappa shape index (κ3) is 4.42. The number of ether oxygens (including phenoxy) is 1. The van der Waals surface area contributed by atoms with Crippen molar-refractivity contribution in [3.8, 4) is 29.2 Å². The van der Waals surface area contributed by atoms with Crippen LogP contribution in [0.25, 0.3) is 44.0 Å². The molecule has 1 aliphatic carbocycles. The van der Waals surface area contributed by atoms with Crippen LogP contribution in [0.15, 0.2) is 58.5 Å². The Hall–Kier alpha value is -4.16. The van der Waals surface area contributed by atoms with E-state index in [0.717, 1.165) is 54.9 Å². The number of nitrogens with zero attached hydrogens (tertiary/aromatic N) is 2. The standard InChI is InChI=1S/C31H28FN3O4S/c1-4-19-10-11-23-26(12-19)34-31-29(23)30(36)25-15-28(39-18(2)3)24(20-13-22(17-33-16-20)40(32,37)38)14-27(25)35(31)21-8-6-5-7-9-21/h1,10-18,21,34H,5-9H2,2-3H3. The lowest BCUT2D eigenvalue weighted by Gasteiger charge is -2.28. The summed E-state index contributed by atoms with van der Waals surface area (Å²) in [5.41, 5.74) is 3.65. The number of hydrogen-bond acceptors (Lipinski definition) is 5. The monoisotopic (exact) mass is 557 g/mol. The normalized spacial score (nSPS) is 14.8. The van der Waals surface area contributed by atoms with E-state index in [2.05, 4.69) is 20.5 Å². The minimum atomic E-state index is -4.97. The molecule has 2 aromatic carbocycles. The maximum atomic E-state index is 14.2. The molecule has 3 heterocycles. The van der Waals surface area contributed by atoms with Crippen LogP contribution in [0, 0.1) is 12.3 Å². The fourth-order valence-corrected chi connectivity index (χ4v) is 6.34. The fourth-order valence-electron chi connectivity index (χ4n) is 5.88. The highest BCUT2D eigenvalue weighted by molar-refractivity contribution is 7.86. The van der Waals surface area contributed by atoms with Crippen LogP contribution in [0.4, 0.5) is 3.89 Å². The summed E-state index contributed by atoms with van der Waals surface area (Å²) in [7, 11) is -4.97. The van der Waals surface area contributed by atoms with Crippen molar-refractivity contribution in [2.75, 3.05) is 0 Å². The summed E-state index contributed by atoms with van der Waals surface area (Å²) in [5.74, 6) is 3.05. The lowest BCUT2D eigenvalue weighted by molar-refractivity contribution is 0.244. The Labute approximate surface area is 231 Å². The molecule has 1 N–H and O–H groups in total. The largest absolute Gasteiger partial charge is 0.490 e. The summed E-state index contributed by atoms with van der Waals surface area (Å²) in [5, 5.41) is 1.87. The topological polar surface area (TPSA) is 94.1 Å². The van der Waals surface area contributed by atoms with Gasteiger partial charge >= 0.3 is 10.2 Å². The Balaban J connectivity index is 1.75. The molecular formula is C31H28FN3O4S. The quantitative estimate of drug-likeness (QED) is 0.193. The van der Waals surface area contributed by atoms with Crippen molar-refractivity contribution in [3.05, 3.63) is 64.6 Å². The molecule has 0 amide bonds. The third-order valence-corrected chi connectivity index (χ3v) is 8.41. The maximum absolute atomic E-state index is 14.2. The number of H-pyrrole nitrogens is 1. The molecule has 204 valence electrons. The molecule has 1 saturated carbocycles. The number of rotatable bonds is 5. The van der Waals surface area contributed by atoms with Crippen molar-refractivity contribution in [3.63, 3.8) is 0 Å². The van der Waals surface area contributed by atoms with Gasteiger partial charge in [0.05, 0.1) is 22.4 Å². The number of aromatic nitrogens is 3.